The quantitative estimate of drug-likeness (QED) is 0.407. The fourth-order valence-corrected chi connectivity index (χ4v) is 0.388. The molecule has 0 amide bonds. The normalized spacial score (nSPS) is 10.1. The van der Waals surface area contributed by atoms with Crippen LogP contribution >= 0.6 is 24.4 Å². The number of thiocarbonyl (C=S) groups is 2. The molecule has 0 spiro atoms. The Labute approximate surface area is 92.3 Å². The minimum Gasteiger partial charge on any atom is -0.348 e. The van der Waals surface area contributed by atoms with E-state index in [1.165, 1.54) is 12.4 Å². The van der Waals surface area contributed by atoms with Crippen molar-refractivity contribution in [2.24, 2.45) is 10.3 Å². The van der Waals surface area contributed by atoms with Crippen LogP contribution < -0.4 is 10.6 Å². The number of oxime groups is 2. The molecule has 0 heterocycles. The van der Waals surface area contributed by atoms with Crippen molar-refractivity contribution in [3.63, 3.8) is 0 Å². The van der Waals surface area contributed by atoms with E-state index in [1.807, 2.05) is 0 Å². The summed E-state index contributed by atoms with van der Waals surface area (Å²) in [5.74, 6) is 0. The second-order valence-corrected chi connectivity index (χ2v) is 2.51. The first kappa shape index (κ1) is 12.7. The van der Waals surface area contributed by atoms with Crippen molar-refractivity contribution >= 4 is 47.2 Å². The van der Waals surface area contributed by atoms with Gasteiger partial charge in [0, 0.05) is 14.1 Å². The molecule has 0 unspecified atom stereocenters. The maximum absolute atomic E-state index is 4.64. The molecular formula is C6H10N4O2S2. The van der Waals surface area contributed by atoms with Crippen molar-refractivity contribution in [3.05, 3.63) is 0 Å². The van der Waals surface area contributed by atoms with E-state index in [9.17, 15) is 0 Å². The molecule has 0 aliphatic rings. The van der Waals surface area contributed by atoms with Gasteiger partial charge in [0.15, 0.2) is 0 Å². The third kappa shape index (κ3) is 7.37. The Balaban J connectivity index is 3.60. The lowest BCUT2D eigenvalue weighted by molar-refractivity contribution is 0.323. The first-order chi connectivity index (χ1) is 6.70. The summed E-state index contributed by atoms with van der Waals surface area (Å²) >= 11 is 9.28. The van der Waals surface area contributed by atoms with E-state index < -0.39 is 0 Å². The van der Waals surface area contributed by atoms with E-state index >= 15 is 0 Å². The highest BCUT2D eigenvalue weighted by molar-refractivity contribution is 7.80. The Morgan fingerprint density at radius 1 is 1.00 bits per heavy atom. The summed E-state index contributed by atoms with van der Waals surface area (Å²) in [5, 5.41) is 12.4. The zero-order valence-electron chi connectivity index (χ0n) is 7.68. The molecular weight excluding hydrogens is 224 g/mol. The monoisotopic (exact) mass is 234 g/mol. The van der Waals surface area contributed by atoms with Gasteiger partial charge in [0.1, 0.15) is 0 Å². The smallest absolute Gasteiger partial charge is 0.289 e. The van der Waals surface area contributed by atoms with Crippen LogP contribution in [-0.2, 0) is 9.68 Å². The first-order valence-electron chi connectivity index (χ1n) is 3.53. The Hall–Kier alpha value is -1.28. The molecule has 14 heavy (non-hydrogen) atoms. The van der Waals surface area contributed by atoms with Gasteiger partial charge in [-0.1, -0.05) is 10.3 Å². The van der Waals surface area contributed by atoms with E-state index in [-0.39, 0.29) is 10.3 Å². The lowest BCUT2D eigenvalue weighted by atomic mass is 10.8. The van der Waals surface area contributed by atoms with Crippen molar-refractivity contribution in [2.45, 2.75) is 0 Å². The van der Waals surface area contributed by atoms with E-state index in [0.29, 0.717) is 0 Å². The van der Waals surface area contributed by atoms with Gasteiger partial charge >= 0.3 is 0 Å². The van der Waals surface area contributed by atoms with E-state index in [2.05, 4.69) is 55.1 Å². The van der Waals surface area contributed by atoms with Gasteiger partial charge in [0.2, 0.25) is 0 Å². The number of rotatable bonds is 3. The molecule has 0 fully saturated rings. The van der Waals surface area contributed by atoms with Crippen molar-refractivity contribution in [1.82, 2.24) is 10.6 Å². The minimum absolute atomic E-state index is 0.168. The second kappa shape index (κ2) is 8.32. The van der Waals surface area contributed by atoms with Gasteiger partial charge < -0.3 is 20.3 Å². The summed E-state index contributed by atoms with van der Waals surface area (Å²) in [5.41, 5.74) is 0. The molecule has 0 radical (unpaired) electrons. The molecule has 6 nitrogen and oxygen atoms in total. The number of hydrogen-bond donors (Lipinski definition) is 2. The summed E-state index contributed by atoms with van der Waals surface area (Å²) in [6, 6.07) is 0. The molecule has 78 valence electrons. The van der Waals surface area contributed by atoms with Gasteiger partial charge in [-0.05, 0) is 24.4 Å². The van der Waals surface area contributed by atoms with Crippen LogP contribution in [0.1, 0.15) is 0 Å². The van der Waals surface area contributed by atoms with Gasteiger partial charge in [-0.3, -0.25) is 0 Å². The summed E-state index contributed by atoms with van der Waals surface area (Å²) in [6.45, 7) is 0. The Bertz CT molecular complexity index is 228. The van der Waals surface area contributed by atoms with Gasteiger partial charge in [0.25, 0.3) is 10.3 Å². The van der Waals surface area contributed by atoms with Crippen molar-refractivity contribution in [2.75, 3.05) is 14.1 Å². The number of nitrogens with one attached hydrogen (secondary N) is 2. The molecule has 0 aromatic heterocycles. The van der Waals surface area contributed by atoms with E-state index in [1.54, 1.807) is 14.1 Å². The summed E-state index contributed by atoms with van der Waals surface area (Å²) in [4.78, 5) is 9.24. The Morgan fingerprint density at radius 3 is 1.64 bits per heavy atom. The van der Waals surface area contributed by atoms with Crippen LogP contribution in [0.5, 0.6) is 0 Å². The Kier molecular flexibility index (Phi) is 7.56. The predicted molar refractivity (Wildman–Crippen MR) is 62.5 cm³/mol. The SMILES string of the molecule is CNC(=S)ON=CC=NOC(=S)NC. The first-order valence-corrected chi connectivity index (χ1v) is 4.35. The van der Waals surface area contributed by atoms with Crippen molar-refractivity contribution in [3.8, 4) is 0 Å². The van der Waals surface area contributed by atoms with Crippen LogP contribution in [0, 0.1) is 0 Å². The molecule has 8 heteroatoms. The second-order valence-electron chi connectivity index (χ2n) is 1.77. The summed E-state index contributed by atoms with van der Waals surface area (Å²) in [6.07, 6.45) is 2.53. The zero-order valence-corrected chi connectivity index (χ0v) is 9.32. The van der Waals surface area contributed by atoms with Crippen LogP contribution in [0.25, 0.3) is 0 Å². The van der Waals surface area contributed by atoms with Gasteiger partial charge in [-0.15, -0.1) is 0 Å². The highest BCUT2D eigenvalue weighted by atomic mass is 32.1. The maximum Gasteiger partial charge on any atom is 0.289 e. The fourth-order valence-electron chi connectivity index (χ4n) is 0.302. The predicted octanol–water partition coefficient (Wildman–Crippen LogP) is -0.000200. The number of nitrogens with zero attached hydrogens (tertiary/aromatic N) is 2. The molecule has 0 aromatic rings. The van der Waals surface area contributed by atoms with Gasteiger partial charge in [0.05, 0.1) is 12.4 Å². The molecule has 0 aliphatic heterocycles. The molecule has 2 N–H and O–H groups in total. The van der Waals surface area contributed by atoms with E-state index in [4.69, 9.17) is 0 Å². The third-order valence-corrected chi connectivity index (χ3v) is 1.43. The summed E-state index contributed by atoms with van der Waals surface area (Å²) < 4.78 is 0. The van der Waals surface area contributed by atoms with Crippen molar-refractivity contribution < 1.29 is 9.68 Å². The van der Waals surface area contributed by atoms with Crippen molar-refractivity contribution in [1.29, 1.82) is 0 Å². The maximum atomic E-state index is 4.64. The average Bonchev–Trinajstić information content (AvgIpc) is 2.22. The highest BCUT2D eigenvalue weighted by Gasteiger charge is 1.87. The third-order valence-electron chi connectivity index (χ3n) is 0.868. The lowest BCUT2D eigenvalue weighted by Crippen LogP contribution is -2.16. The molecule has 0 bridgehead atoms. The van der Waals surface area contributed by atoms with Gasteiger partial charge in [-0.25, -0.2) is 0 Å². The largest absolute Gasteiger partial charge is 0.348 e. The van der Waals surface area contributed by atoms with Crippen LogP contribution in [0.4, 0.5) is 0 Å². The average molecular weight is 234 g/mol. The fraction of sp³-hybridized carbons (Fsp3) is 0.333. The van der Waals surface area contributed by atoms with Crippen LogP contribution in [0.2, 0.25) is 0 Å². The summed E-state index contributed by atoms with van der Waals surface area (Å²) in [7, 11) is 3.25. The highest BCUT2D eigenvalue weighted by Crippen LogP contribution is 1.77. The number of hydrogen-bond acceptors (Lipinski definition) is 6. The van der Waals surface area contributed by atoms with Gasteiger partial charge in [-0.2, -0.15) is 0 Å². The molecule has 0 atom stereocenters. The van der Waals surface area contributed by atoms with E-state index in [0.717, 1.165) is 0 Å². The van der Waals surface area contributed by atoms with Crippen LogP contribution in [-0.4, -0.2) is 36.9 Å². The molecule has 0 saturated carbocycles. The topological polar surface area (TPSA) is 67.2 Å². The molecule has 0 saturated heterocycles. The molecule has 0 aromatic carbocycles. The zero-order chi connectivity index (χ0) is 10.8. The molecule has 0 aliphatic carbocycles. The molecule has 0 rings (SSSR count). The van der Waals surface area contributed by atoms with Crippen LogP contribution in [0.15, 0.2) is 10.3 Å². The standard InChI is InChI=1S/C6H10N4O2S2/c1-7-5(13)11-9-3-4-10-12-6(14)8-2/h3-4H,1-2H3,(H,7,13)(H,8,14). The Morgan fingerprint density at radius 2 is 1.36 bits per heavy atom. The lowest BCUT2D eigenvalue weighted by Gasteiger charge is -1.96. The van der Waals surface area contributed by atoms with Crippen LogP contribution in [0.3, 0.4) is 0 Å². The minimum atomic E-state index is 0.168.